The van der Waals surface area contributed by atoms with Crippen LogP contribution in [0.2, 0.25) is 0 Å². The zero-order chi connectivity index (χ0) is 13.5. The molecule has 1 heterocycles. The summed E-state index contributed by atoms with van der Waals surface area (Å²) in [6.45, 7) is 1.71. The van der Waals surface area contributed by atoms with E-state index in [1.165, 1.54) is 0 Å². The zero-order valence-corrected chi connectivity index (χ0v) is 12.8. The highest BCUT2D eigenvalue weighted by Crippen LogP contribution is 2.10. The quantitative estimate of drug-likeness (QED) is 0.891. The van der Waals surface area contributed by atoms with Crippen molar-refractivity contribution < 1.29 is 4.79 Å². The summed E-state index contributed by atoms with van der Waals surface area (Å²) >= 11 is 1.62. The Bertz CT molecular complexity index is 502. The average Bonchev–Trinajstić information content (AvgIpc) is 2.92. The molecule has 0 radical (unpaired) electrons. The number of carbonyl (C=O) groups is 1. The van der Waals surface area contributed by atoms with Crippen LogP contribution in [0.25, 0.3) is 0 Å². The fraction of sp³-hybridized carbons (Fsp3) is 0.267. The van der Waals surface area contributed by atoms with E-state index in [0.717, 1.165) is 11.1 Å². The van der Waals surface area contributed by atoms with Crippen LogP contribution in [0, 0.1) is 0 Å². The molecule has 0 bridgehead atoms. The summed E-state index contributed by atoms with van der Waals surface area (Å²) in [5, 5.41) is 4.01. The minimum absolute atomic E-state index is 0. The number of amides is 1. The van der Waals surface area contributed by atoms with Gasteiger partial charge in [0.25, 0.3) is 0 Å². The first-order chi connectivity index (χ1) is 9.29. The minimum Gasteiger partial charge on any atom is -0.337 e. The van der Waals surface area contributed by atoms with Crippen LogP contribution in [0.5, 0.6) is 0 Å². The highest BCUT2D eigenvalue weighted by Gasteiger charge is 2.13. The Kier molecular flexibility index (Phi) is 7.30. The summed E-state index contributed by atoms with van der Waals surface area (Å²) in [5.41, 5.74) is 7.81. The molecular weight excluding hydrogens is 292 g/mol. The third-order valence-electron chi connectivity index (χ3n) is 2.90. The Hall–Kier alpha value is -1.36. The van der Waals surface area contributed by atoms with Gasteiger partial charge in [0.05, 0.1) is 6.42 Å². The van der Waals surface area contributed by atoms with Crippen molar-refractivity contribution in [1.29, 1.82) is 0 Å². The Morgan fingerprint density at radius 2 is 1.90 bits per heavy atom. The van der Waals surface area contributed by atoms with Crippen molar-refractivity contribution in [3.05, 3.63) is 58.3 Å². The Morgan fingerprint density at radius 3 is 2.50 bits per heavy atom. The molecule has 1 aromatic heterocycles. The van der Waals surface area contributed by atoms with Crippen molar-refractivity contribution in [3.8, 4) is 0 Å². The predicted molar refractivity (Wildman–Crippen MR) is 86.2 cm³/mol. The van der Waals surface area contributed by atoms with Crippen LogP contribution in [0.3, 0.4) is 0 Å². The van der Waals surface area contributed by atoms with E-state index < -0.39 is 0 Å². The van der Waals surface area contributed by atoms with Gasteiger partial charge < -0.3 is 10.6 Å². The predicted octanol–water partition coefficient (Wildman–Crippen LogP) is 2.70. The summed E-state index contributed by atoms with van der Waals surface area (Å²) in [5.74, 6) is 0.132. The summed E-state index contributed by atoms with van der Waals surface area (Å²) in [6, 6.07) is 12.0. The molecule has 0 unspecified atom stereocenters. The van der Waals surface area contributed by atoms with Gasteiger partial charge in [-0.05, 0) is 28.0 Å². The van der Waals surface area contributed by atoms with E-state index in [2.05, 4.69) is 0 Å². The van der Waals surface area contributed by atoms with Gasteiger partial charge in [0, 0.05) is 19.6 Å². The largest absolute Gasteiger partial charge is 0.337 e. The van der Waals surface area contributed by atoms with Crippen molar-refractivity contribution in [2.24, 2.45) is 5.73 Å². The van der Waals surface area contributed by atoms with Gasteiger partial charge in [-0.1, -0.05) is 30.3 Å². The molecule has 0 aliphatic heterocycles. The van der Waals surface area contributed by atoms with Crippen molar-refractivity contribution in [2.45, 2.75) is 13.0 Å². The standard InChI is InChI=1S/C15H18N2OS.ClH/c16-7-8-17(11-13-4-2-1-3-5-13)15(18)10-14-6-9-19-12-14;/h1-6,9,12H,7-8,10-11,16H2;1H. The highest BCUT2D eigenvalue weighted by molar-refractivity contribution is 7.07. The molecular formula is C15H19ClN2OS. The maximum absolute atomic E-state index is 12.3. The van der Waals surface area contributed by atoms with Crippen LogP contribution in [0.4, 0.5) is 0 Å². The highest BCUT2D eigenvalue weighted by atomic mass is 35.5. The summed E-state index contributed by atoms with van der Waals surface area (Å²) in [7, 11) is 0. The number of thiophene rings is 1. The molecule has 1 aromatic carbocycles. The molecule has 1 amide bonds. The van der Waals surface area contributed by atoms with Crippen molar-refractivity contribution in [3.63, 3.8) is 0 Å². The molecule has 0 saturated carbocycles. The van der Waals surface area contributed by atoms with Crippen LogP contribution in [-0.2, 0) is 17.8 Å². The first kappa shape index (κ1) is 16.7. The van der Waals surface area contributed by atoms with Crippen molar-refractivity contribution in [2.75, 3.05) is 13.1 Å². The zero-order valence-electron chi connectivity index (χ0n) is 11.2. The van der Waals surface area contributed by atoms with Crippen molar-refractivity contribution in [1.82, 2.24) is 4.90 Å². The SMILES string of the molecule is Cl.NCCN(Cc1ccccc1)C(=O)Cc1ccsc1. The third kappa shape index (κ3) is 4.96. The number of halogens is 1. The van der Waals surface area contributed by atoms with E-state index in [4.69, 9.17) is 5.73 Å². The number of benzene rings is 1. The number of nitrogens with two attached hydrogens (primary N) is 1. The minimum atomic E-state index is 0. The van der Waals surface area contributed by atoms with Gasteiger partial charge in [-0.25, -0.2) is 0 Å². The number of rotatable bonds is 6. The number of nitrogens with zero attached hydrogens (tertiary/aromatic N) is 1. The molecule has 3 nitrogen and oxygen atoms in total. The van der Waals surface area contributed by atoms with Gasteiger partial charge in [0.1, 0.15) is 0 Å². The van der Waals surface area contributed by atoms with E-state index in [1.807, 2.05) is 52.1 Å². The maximum atomic E-state index is 12.3. The number of hydrogen-bond acceptors (Lipinski definition) is 3. The lowest BCUT2D eigenvalue weighted by atomic mass is 10.2. The molecule has 5 heteroatoms. The second kappa shape index (κ2) is 8.74. The van der Waals surface area contributed by atoms with Crippen molar-refractivity contribution >= 4 is 29.7 Å². The summed E-state index contributed by atoms with van der Waals surface area (Å²) < 4.78 is 0. The second-order valence-electron chi connectivity index (χ2n) is 4.40. The number of carbonyl (C=O) groups excluding carboxylic acids is 1. The fourth-order valence-corrected chi connectivity index (χ4v) is 2.60. The molecule has 2 rings (SSSR count). The molecule has 0 aliphatic carbocycles. The van der Waals surface area contributed by atoms with Gasteiger partial charge in [0.15, 0.2) is 0 Å². The smallest absolute Gasteiger partial charge is 0.227 e. The summed E-state index contributed by atoms with van der Waals surface area (Å²) in [4.78, 5) is 14.1. The monoisotopic (exact) mass is 310 g/mol. The van der Waals surface area contributed by atoms with Gasteiger partial charge in [0.2, 0.25) is 5.91 Å². The van der Waals surface area contributed by atoms with Gasteiger partial charge in [-0.3, -0.25) is 4.79 Å². The first-order valence-electron chi connectivity index (χ1n) is 6.32. The molecule has 2 aromatic rings. The fourth-order valence-electron chi connectivity index (χ4n) is 1.93. The summed E-state index contributed by atoms with van der Waals surface area (Å²) in [6.07, 6.45) is 0.455. The normalized spacial score (nSPS) is 9.85. The van der Waals surface area contributed by atoms with Crippen LogP contribution < -0.4 is 5.73 Å². The van der Waals surface area contributed by atoms with Crippen LogP contribution in [0.15, 0.2) is 47.2 Å². The van der Waals surface area contributed by atoms with E-state index in [0.29, 0.717) is 26.1 Å². The molecule has 2 N–H and O–H groups in total. The lowest BCUT2D eigenvalue weighted by molar-refractivity contribution is -0.131. The topological polar surface area (TPSA) is 46.3 Å². The Labute approximate surface area is 129 Å². The molecule has 108 valence electrons. The van der Waals surface area contributed by atoms with E-state index in [1.54, 1.807) is 11.3 Å². The van der Waals surface area contributed by atoms with Crippen LogP contribution >= 0.6 is 23.7 Å². The molecule has 0 fully saturated rings. The lowest BCUT2D eigenvalue weighted by Gasteiger charge is -2.22. The van der Waals surface area contributed by atoms with Crippen LogP contribution in [-0.4, -0.2) is 23.9 Å². The average molecular weight is 311 g/mol. The molecule has 0 aliphatic rings. The first-order valence-corrected chi connectivity index (χ1v) is 7.26. The van der Waals surface area contributed by atoms with Gasteiger partial charge >= 0.3 is 0 Å². The number of hydrogen-bond donors (Lipinski definition) is 1. The lowest BCUT2D eigenvalue weighted by Crippen LogP contribution is -2.35. The molecule has 0 spiro atoms. The molecule has 0 saturated heterocycles. The third-order valence-corrected chi connectivity index (χ3v) is 3.64. The van der Waals surface area contributed by atoms with Gasteiger partial charge in [-0.15, -0.1) is 12.4 Å². The van der Waals surface area contributed by atoms with E-state index in [9.17, 15) is 4.79 Å². The second-order valence-corrected chi connectivity index (χ2v) is 5.18. The van der Waals surface area contributed by atoms with Crippen LogP contribution in [0.1, 0.15) is 11.1 Å². The maximum Gasteiger partial charge on any atom is 0.227 e. The van der Waals surface area contributed by atoms with E-state index >= 15 is 0 Å². The van der Waals surface area contributed by atoms with Gasteiger partial charge in [-0.2, -0.15) is 11.3 Å². The van der Waals surface area contributed by atoms with E-state index in [-0.39, 0.29) is 18.3 Å². The Balaban J connectivity index is 0.00000200. The Morgan fingerprint density at radius 1 is 1.15 bits per heavy atom. The molecule has 0 atom stereocenters. The molecule has 20 heavy (non-hydrogen) atoms.